The van der Waals surface area contributed by atoms with Gasteiger partial charge in [0.15, 0.2) is 0 Å². The molecule has 10 nitrogen and oxygen atoms in total. The summed E-state index contributed by atoms with van der Waals surface area (Å²) in [6.45, 7) is 8.30. The van der Waals surface area contributed by atoms with Crippen molar-refractivity contribution in [2.75, 3.05) is 24.7 Å². The number of non-ortho nitro benzene ring substituents is 1. The maximum absolute atomic E-state index is 12.3. The Morgan fingerprint density at radius 1 is 0.892 bits per heavy atom. The molecule has 1 fully saturated rings. The molecule has 0 spiro atoms. The molecule has 0 aliphatic carbocycles. The van der Waals surface area contributed by atoms with Crippen LogP contribution in [0, 0.1) is 10.1 Å². The SMILES string of the molecule is CC1(C)OB(c2ccc(C(=O)OCCSSCCOC(=O)Oc3ccc([N+](=O)[O-])cc3)cc2)OC1(C)C. The van der Waals surface area contributed by atoms with Crippen molar-refractivity contribution in [1.29, 1.82) is 0 Å². The number of hydrogen-bond donors (Lipinski definition) is 0. The zero-order chi connectivity index (χ0) is 27.1. The van der Waals surface area contributed by atoms with Gasteiger partial charge in [0.25, 0.3) is 5.69 Å². The fourth-order valence-corrected chi connectivity index (χ4v) is 4.70. The summed E-state index contributed by atoms with van der Waals surface area (Å²) in [5, 5.41) is 10.6. The Morgan fingerprint density at radius 3 is 1.97 bits per heavy atom. The smallest absolute Gasteiger partial charge is 0.461 e. The molecule has 13 heteroatoms. The summed E-state index contributed by atoms with van der Waals surface area (Å²) in [6, 6.07) is 12.1. The molecule has 0 atom stereocenters. The second kappa shape index (κ2) is 12.7. The highest BCUT2D eigenvalue weighted by Crippen LogP contribution is 2.36. The van der Waals surface area contributed by atoms with E-state index in [0.29, 0.717) is 17.1 Å². The third-order valence-corrected chi connectivity index (χ3v) is 8.12. The van der Waals surface area contributed by atoms with E-state index < -0.39 is 35.4 Å². The first kappa shape index (κ1) is 28.8. The molecule has 3 rings (SSSR count). The van der Waals surface area contributed by atoms with E-state index in [-0.39, 0.29) is 24.7 Å². The van der Waals surface area contributed by atoms with Crippen molar-refractivity contribution < 1.29 is 38.0 Å². The number of rotatable bonds is 11. The maximum atomic E-state index is 12.3. The van der Waals surface area contributed by atoms with Gasteiger partial charge in [-0.1, -0.05) is 33.7 Å². The Morgan fingerprint density at radius 2 is 1.43 bits per heavy atom. The Hall–Kier alpha value is -2.74. The number of carbonyl (C=O) groups excluding carboxylic acids is 2. The molecule has 1 heterocycles. The number of benzene rings is 2. The Kier molecular flexibility index (Phi) is 9.88. The molecule has 0 saturated carbocycles. The fourth-order valence-electron chi connectivity index (χ4n) is 3.05. The van der Waals surface area contributed by atoms with Crippen LogP contribution in [0.4, 0.5) is 10.5 Å². The zero-order valence-corrected chi connectivity index (χ0v) is 22.6. The fraction of sp³-hybridized carbons (Fsp3) is 0.417. The lowest BCUT2D eigenvalue weighted by Crippen LogP contribution is -2.41. The van der Waals surface area contributed by atoms with Gasteiger partial charge >= 0.3 is 19.2 Å². The van der Waals surface area contributed by atoms with Crippen molar-refractivity contribution in [1.82, 2.24) is 0 Å². The lowest BCUT2D eigenvalue weighted by molar-refractivity contribution is -0.384. The van der Waals surface area contributed by atoms with Crippen molar-refractivity contribution >= 4 is 52.0 Å². The number of nitro benzene ring substituents is 1. The summed E-state index contributed by atoms with van der Waals surface area (Å²) in [4.78, 5) is 34.0. The summed E-state index contributed by atoms with van der Waals surface area (Å²) >= 11 is 0. The van der Waals surface area contributed by atoms with Crippen molar-refractivity contribution in [2.24, 2.45) is 0 Å². The van der Waals surface area contributed by atoms with E-state index in [2.05, 4.69) is 0 Å². The van der Waals surface area contributed by atoms with E-state index in [1.807, 2.05) is 27.7 Å². The summed E-state index contributed by atoms with van der Waals surface area (Å²) in [7, 11) is 2.45. The first-order valence-electron chi connectivity index (χ1n) is 11.4. The van der Waals surface area contributed by atoms with Gasteiger partial charge in [-0.25, -0.2) is 9.59 Å². The van der Waals surface area contributed by atoms with Gasteiger partial charge in [0, 0.05) is 23.6 Å². The molecule has 0 unspecified atom stereocenters. The van der Waals surface area contributed by atoms with Crippen molar-refractivity contribution in [3.63, 3.8) is 0 Å². The van der Waals surface area contributed by atoms with Crippen LogP contribution in [0.2, 0.25) is 0 Å². The third-order valence-electron chi connectivity index (χ3n) is 5.79. The average Bonchev–Trinajstić information content (AvgIpc) is 3.07. The first-order valence-corrected chi connectivity index (χ1v) is 13.9. The van der Waals surface area contributed by atoms with Gasteiger partial charge in [-0.3, -0.25) is 10.1 Å². The molecule has 0 amide bonds. The Balaban J connectivity index is 1.26. The topological polar surface area (TPSA) is 123 Å². The van der Waals surface area contributed by atoms with E-state index in [1.165, 1.54) is 45.9 Å². The molecule has 0 aromatic heterocycles. The molecule has 0 N–H and O–H groups in total. The van der Waals surface area contributed by atoms with Crippen LogP contribution in [0.25, 0.3) is 0 Å². The summed E-state index contributed by atoms with van der Waals surface area (Å²) in [6.07, 6.45) is -0.891. The second-order valence-corrected chi connectivity index (χ2v) is 11.6. The number of carbonyl (C=O) groups is 2. The van der Waals surface area contributed by atoms with E-state index in [1.54, 1.807) is 24.3 Å². The van der Waals surface area contributed by atoms with Crippen molar-refractivity contribution in [3.8, 4) is 5.75 Å². The highest BCUT2D eigenvalue weighted by Gasteiger charge is 2.51. The predicted octanol–water partition coefficient (Wildman–Crippen LogP) is 4.65. The van der Waals surface area contributed by atoms with Crippen LogP contribution >= 0.6 is 21.6 Å². The van der Waals surface area contributed by atoms with Crippen LogP contribution in [-0.2, 0) is 18.8 Å². The van der Waals surface area contributed by atoms with Crippen LogP contribution in [0.1, 0.15) is 38.1 Å². The Labute approximate surface area is 223 Å². The van der Waals surface area contributed by atoms with Crippen molar-refractivity contribution in [2.45, 2.75) is 38.9 Å². The van der Waals surface area contributed by atoms with Crippen molar-refractivity contribution in [3.05, 3.63) is 64.2 Å². The van der Waals surface area contributed by atoms with Crippen LogP contribution in [0.3, 0.4) is 0 Å². The number of hydrogen-bond acceptors (Lipinski definition) is 11. The molecule has 0 radical (unpaired) electrons. The summed E-state index contributed by atoms with van der Waals surface area (Å²) < 4.78 is 27.3. The van der Waals surface area contributed by atoms with Crippen LogP contribution in [0.5, 0.6) is 5.75 Å². The lowest BCUT2D eigenvalue weighted by atomic mass is 9.79. The van der Waals surface area contributed by atoms with Crippen LogP contribution in [-0.4, -0.2) is 60.1 Å². The highest BCUT2D eigenvalue weighted by molar-refractivity contribution is 8.76. The number of nitrogens with zero attached hydrogens (tertiary/aromatic N) is 1. The number of nitro groups is 1. The van der Waals surface area contributed by atoms with Gasteiger partial charge in [-0.2, -0.15) is 0 Å². The van der Waals surface area contributed by atoms with Gasteiger partial charge in [0.1, 0.15) is 19.0 Å². The lowest BCUT2D eigenvalue weighted by Gasteiger charge is -2.32. The highest BCUT2D eigenvalue weighted by atomic mass is 33.1. The third kappa shape index (κ3) is 8.12. The average molecular weight is 549 g/mol. The molecular formula is C24H28BNO9S2. The molecule has 1 aliphatic heterocycles. The van der Waals surface area contributed by atoms with Crippen LogP contribution in [0.15, 0.2) is 48.5 Å². The molecule has 1 aliphatic rings. The summed E-state index contributed by atoms with van der Waals surface area (Å²) in [5.41, 5.74) is 0.306. The van der Waals surface area contributed by atoms with E-state index in [9.17, 15) is 19.7 Å². The molecule has 37 heavy (non-hydrogen) atoms. The van der Waals surface area contributed by atoms with Gasteiger partial charge in [-0.15, -0.1) is 0 Å². The van der Waals surface area contributed by atoms with Gasteiger partial charge in [0.05, 0.1) is 21.7 Å². The monoisotopic (exact) mass is 549 g/mol. The van der Waals surface area contributed by atoms with E-state index >= 15 is 0 Å². The van der Waals surface area contributed by atoms with E-state index in [4.69, 9.17) is 23.5 Å². The molecule has 198 valence electrons. The molecule has 0 bridgehead atoms. The number of ether oxygens (including phenoxy) is 3. The molecule has 2 aromatic rings. The predicted molar refractivity (Wildman–Crippen MR) is 142 cm³/mol. The molecule has 2 aromatic carbocycles. The maximum Gasteiger partial charge on any atom is 0.513 e. The minimum Gasteiger partial charge on any atom is -0.461 e. The largest absolute Gasteiger partial charge is 0.513 e. The molecule has 1 saturated heterocycles. The minimum absolute atomic E-state index is 0.101. The van der Waals surface area contributed by atoms with Gasteiger partial charge in [-0.05, 0) is 57.4 Å². The van der Waals surface area contributed by atoms with Gasteiger partial charge < -0.3 is 23.5 Å². The van der Waals surface area contributed by atoms with E-state index in [0.717, 1.165) is 5.46 Å². The quantitative estimate of drug-likeness (QED) is 0.0740. The van der Waals surface area contributed by atoms with Gasteiger partial charge in [0.2, 0.25) is 0 Å². The standard InChI is InChI=1S/C24H28BNO9S2/c1-23(2)24(3,4)35-25(34-23)18-7-5-17(6-8-18)21(27)31-13-15-36-37-16-14-32-22(28)33-20-11-9-19(10-12-20)26(29)30/h5-12H,13-16H2,1-4H3. The minimum atomic E-state index is -0.891. The Bertz CT molecular complexity index is 1080. The first-order chi connectivity index (χ1) is 17.5. The normalized spacial score (nSPS) is 15.7. The second-order valence-electron chi connectivity index (χ2n) is 8.94. The number of esters is 1. The zero-order valence-electron chi connectivity index (χ0n) is 21.0. The van der Waals surface area contributed by atoms with Crippen LogP contribution < -0.4 is 10.2 Å². The summed E-state index contributed by atoms with van der Waals surface area (Å²) in [5.74, 6) is 0.815. The molecular weight excluding hydrogens is 521 g/mol.